The fraction of sp³-hybridized carbons (Fsp3) is 0.364. The van der Waals surface area contributed by atoms with Gasteiger partial charge >= 0.3 is 5.97 Å². The molecule has 0 aromatic heterocycles. The van der Waals surface area contributed by atoms with Crippen LogP contribution in [0.15, 0.2) is 42.5 Å². The molecular weight excluding hydrogens is 440 g/mol. The number of rotatable bonds is 7. The second-order valence-corrected chi connectivity index (χ2v) is 9.66. The Hall–Kier alpha value is -2.42. The molecule has 31 heavy (non-hydrogen) atoms. The number of hydrogen-bond acceptors (Lipinski definition) is 5. The Morgan fingerprint density at radius 3 is 2.35 bits per heavy atom. The summed E-state index contributed by atoms with van der Waals surface area (Å²) in [7, 11) is -3.36. The molecule has 1 fully saturated rings. The van der Waals surface area contributed by atoms with E-state index < -0.39 is 16.0 Å². The highest BCUT2D eigenvalue weighted by Crippen LogP contribution is 2.23. The minimum absolute atomic E-state index is 0.0835. The van der Waals surface area contributed by atoms with Gasteiger partial charge in [0.05, 0.1) is 22.9 Å². The van der Waals surface area contributed by atoms with Crippen LogP contribution in [0.4, 0.5) is 5.69 Å². The second-order valence-electron chi connectivity index (χ2n) is 7.28. The summed E-state index contributed by atoms with van der Waals surface area (Å²) in [4.78, 5) is 24.3. The van der Waals surface area contributed by atoms with Crippen LogP contribution in [0.1, 0.15) is 52.5 Å². The molecular formula is C22H25ClN2O5S. The van der Waals surface area contributed by atoms with Crippen LogP contribution in [-0.4, -0.2) is 44.3 Å². The number of nitrogens with zero attached hydrogens (tertiary/aromatic N) is 1. The molecule has 0 saturated carbocycles. The Bertz CT molecular complexity index is 1050. The maximum absolute atomic E-state index is 12.6. The van der Waals surface area contributed by atoms with Crippen LogP contribution in [0.2, 0.25) is 5.02 Å². The van der Waals surface area contributed by atoms with Crippen LogP contribution >= 0.6 is 11.6 Å². The van der Waals surface area contributed by atoms with E-state index in [9.17, 15) is 18.0 Å². The minimum Gasteiger partial charge on any atom is -0.462 e. The van der Waals surface area contributed by atoms with Crippen molar-refractivity contribution in [2.75, 3.05) is 25.0 Å². The number of carbonyl (C=O) groups excluding carboxylic acids is 2. The molecule has 0 radical (unpaired) electrons. The predicted octanol–water partition coefficient (Wildman–Crippen LogP) is 4.08. The van der Waals surface area contributed by atoms with Gasteiger partial charge in [-0.25, -0.2) is 17.5 Å². The Kier molecular flexibility index (Phi) is 7.69. The normalized spacial score (nSPS) is 14.8. The second kappa shape index (κ2) is 10.3. The van der Waals surface area contributed by atoms with Crippen molar-refractivity contribution in [2.24, 2.45) is 0 Å². The number of anilines is 1. The first kappa shape index (κ1) is 23.2. The number of halogens is 1. The third kappa shape index (κ3) is 6.06. The van der Waals surface area contributed by atoms with Crippen molar-refractivity contribution in [3.8, 4) is 0 Å². The molecule has 1 amide bonds. The van der Waals surface area contributed by atoms with E-state index in [-0.39, 0.29) is 28.9 Å². The van der Waals surface area contributed by atoms with Gasteiger partial charge in [0.15, 0.2) is 0 Å². The fourth-order valence-corrected chi connectivity index (χ4v) is 5.24. The maximum atomic E-state index is 12.6. The number of ether oxygens (including phenoxy) is 1. The molecule has 1 heterocycles. The summed E-state index contributed by atoms with van der Waals surface area (Å²) < 4.78 is 31.6. The van der Waals surface area contributed by atoms with Crippen molar-refractivity contribution in [2.45, 2.75) is 31.9 Å². The lowest BCUT2D eigenvalue weighted by molar-refractivity contribution is 0.0526. The van der Waals surface area contributed by atoms with E-state index in [1.165, 1.54) is 12.1 Å². The van der Waals surface area contributed by atoms with Gasteiger partial charge in [0.1, 0.15) is 0 Å². The summed E-state index contributed by atoms with van der Waals surface area (Å²) >= 11 is 6.12. The minimum atomic E-state index is -3.36. The number of carbonyl (C=O) groups is 2. The highest BCUT2D eigenvalue weighted by Gasteiger charge is 2.24. The molecule has 0 spiro atoms. The van der Waals surface area contributed by atoms with Crippen molar-refractivity contribution < 1.29 is 22.7 Å². The number of amides is 1. The molecule has 1 aliphatic heterocycles. The average molecular weight is 465 g/mol. The van der Waals surface area contributed by atoms with Gasteiger partial charge in [-0.2, -0.15) is 0 Å². The zero-order valence-electron chi connectivity index (χ0n) is 17.3. The molecule has 1 saturated heterocycles. The smallest absolute Gasteiger partial charge is 0.339 e. The van der Waals surface area contributed by atoms with E-state index in [0.29, 0.717) is 29.9 Å². The van der Waals surface area contributed by atoms with Crippen molar-refractivity contribution in [1.82, 2.24) is 4.31 Å². The third-order valence-electron chi connectivity index (χ3n) is 5.00. The summed E-state index contributed by atoms with van der Waals surface area (Å²) in [5.74, 6) is -0.981. The van der Waals surface area contributed by atoms with Gasteiger partial charge in [0.2, 0.25) is 10.0 Å². The number of sulfonamides is 1. The molecule has 2 aromatic carbocycles. The first-order chi connectivity index (χ1) is 14.8. The number of hydrogen-bond donors (Lipinski definition) is 1. The average Bonchev–Trinajstić information content (AvgIpc) is 2.75. The summed E-state index contributed by atoms with van der Waals surface area (Å²) in [6.45, 7) is 3.08. The SMILES string of the molecule is CCOC(=O)c1ccc(NC(=O)c2ccc(CS(=O)(=O)N3CCCCC3)cc2)cc1Cl. The van der Waals surface area contributed by atoms with Crippen LogP contribution in [0.25, 0.3) is 0 Å². The summed E-state index contributed by atoms with van der Waals surface area (Å²) in [6, 6.07) is 11.0. The summed E-state index contributed by atoms with van der Waals surface area (Å²) in [6.07, 6.45) is 2.85. The van der Waals surface area contributed by atoms with Gasteiger partial charge in [0.25, 0.3) is 5.91 Å². The van der Waals surface area contributed by atoms with Crippen LogP contribution < -0.4 is 5.32 Å². The number of nitrogens with one attached hydrogen (secondary N) is 1. The number of benzene rings is 2. The number of piperidine rings is 1. The Labute approximate surface area is 187 Å². The van der Waals surface area contributed by atoms with E-state index in [1.807, 2.05) is 0 Å². The molecule has 0 bridgehead atoms. The van der Waals surface area contributed by atoms with E-state index in [4.69, 9.17) is 16.3 Å². The largest absolute Gasteiger partial charge is 0.462 e. The molecule has 0 unspecified atom stereocenters. The van der Waals surface area contributed by atoms with Gasteiger partial charge in [-0.15, -0.1) is 0 Å². The van der Waals surface area contributed by atoms with Gasteiger partial charge in [-0.1, -0.05) is 30.2 Å². The van der Waals surface area contributed by atoms with Crippen LogP contribution in [0.5, 0.6) is 0 Å². The third-order valence-corrected chi connectivity index (χ3v) is 7.16. The van der Waals surface area contributed by atoms with Crippen LogP contribution in [0.3, 0.4) is 0 Å². The lowest BCUT2D eigenvalue weighted by Gasteiger charge is -2.25. The molecule has 166 valence electrons. The van der Waals surface area contributed by atoms with Crippen molar-refractivity contribution in [1.29, 1.82) is 0 Å². The molecule has 0 aliphatic carbocycles. The van der Waals surface area contributed by atoms with Gasteiger partial charge in [-0.05, 0) is 55.7 Å². The summed E-state index contributed by atoms with van der Waals surface area (Å²) in [5.41, 5.74) is 1.66. The quantitative estimate of drug-likeness (QED) is 0.623. The zero-order valence-corrected chi connectivity index (χ0v) is 18.8. The van der Waals surface area contributed by atoms with E-state index in [0.717, 1.165) is 19.3 Å². The molecule has 9 heteroatoms. The Balaban J connectivity index is 1.64. The van der Waals surface area contributed by atoms with Gasteiger partial charge < -0.3 is 10.1 Å². The Morgan fingerprint density at radius 2 is 1.74 bits per heavy atom. The van der Waals surface area contributed by atoms with E-state index in [1.54, 1.807) is 41.6 Å². The van der Waals surface area contributed by atoms with Gasteiger partial charge in [0, 0.05) is 24.3 Å². The highest BCUT2D eigenvalue weighted by atomic mass is 35.5. The summed E-state index contributed by atoms with van der Waals surface area (Å²) in [5, 5.41) is 2.89. The van der Waals surface area contributed by atoms with Crippen molar-refractivity contribution >= 4 is 39.2 Å². The molecule has 0 atom stereocenters. The van der Waals surface area contributed by atoms with Crippen LogP contribution in [-0.2, 0) is 20.5 Å². The van der Waals surface area contributed by atoms with Crippen LogP contribution in [0, 0.1) is 0 Å². The zero-order chi connectivity index (χ0) is 22.4. The first-order valence-electron chi connectivity index (χ1n) is 10.1. The standard InChI is InChI=1S/C22H25ClN2O5S/c1-2-30-22(27)19-11-10-18(14-20(19)23)24-21(26)17-8-6-16(7-9-17)15-31(28,29)25-12-4-3-5-13-25/h6-11,14H,2-5,12-13,15H2,1H3,(H,24,26). The molecule has 1 aliphatic rings. The molecule has 3 rings (SSSR count). The molecule has 2 aromatic rings. The monoisotopic (exact) mass is 464 g/mol. The van der Waals surface area contributed by atoms with Crippen molar-refractivity contribution in [3.63, 3.8) is 0 Å². The van der Waals surface area contributed by atoms with E-state index in [2.05, 4.69) is 5.32 Å². The maximum Gasteiger partial charge on any atom is 0.339 e. The molecule has 1 N–H and O–H groups in total. The topological polar surface area (TPSA) is 92.8 Å². The fourth-order valence-electron chi connectivity index (χ4n) is 3.37. The number of esters is 1. The first-order valence-corrected chi connectivity index (χ1v) is 12.1. The van der Waals surface area contributed by atoms with E-state index >= 15 is 0 Å². The molecule has 7 nitrogen and oxygen atoms in total. The van der Waals surface area contributed by atoms with Gasteiger partial charge in [-0.3, -0.25) is 4.79 Å². The predicted molar refractivity (Wildman–Crippen MR) is 120 cm³/mol. The highest BCUT2D eigenvalue weighted by molar-refractivity contribution is 7.88. The Morgan fingerprint density at radius 1 is 1.06 bits per heavy atom. The lowest BCUT2D eigenvalue weighted by Crippen LogP contribution is -2.36. The lowest BCUT2D eigenvalue weighted by atomic mass is 10.1. The van der Waals surface area contributed by atoms with Crippen molar-refractivity contribution in [3.05, 3.63) is 64.2 Å².